The molecule has 0 amide bonds. The number of nitrogens with zero attached hydrogens (tertiary/aromatic N) is 4. The second-order valence-electron chi connectivity index (χ2n) is 5.19. The number of pyridine rings is 1. The first-order chi connectivity index (χ1) is 10.8. The molecule has 1 aromatic carbocycles. The van der Waals surface area contributed by atoms with Gasteiger partial charge in [0.25, 0.3) is 0 Å². The maximum atomic E-state index is 5.09. The number of rotatable bonds is 3. The summed E-state index contributed by atoms with van der Waals surface area (Å²) < 4.78 is 7.26. The van der Waals surface area contributed by atoms with Crippen LogP contribution in [0.5, 0.6) is 0 Å². The molecule has 22 heavy (non-hydrogen) atoms. The van der Waals surface area contributed by atoms with Crippen molar-refractivity contribution in [1.82, 2.24) is 19.7 Å². The lowest BCUT2D eigenvalue weighted by Gasteiger charge is -2.08. The van der Waals surface area contributed by atoms with Crippen molar-refractivity contribution < 1.29 is 4.52 Å². The first-order valence-electron chi connectivity index (χ1n) is 7.08. The van der Waals surface area contributed by atoms with Gasteiger partial charge in [0.2, 0.25) is 0 Å². The largest absolute Gasteiger partial charge is 0.364 e. The van der Waals surface area contributed by atoms with Crippen molar-refractivity contribution in [3.63, 3.8) is 0 Å². The molecule has 0 bridgehead atoms. The first-order valence-corrected chi connectivity index (χ1v) is 7.08. The molecule has 3 heterocycles. The predicted molar refractivity (Wildman–Crippen MR) is 83.3 cm³/mol. The zero-order valence-corrected chi connectivity index (χ0v) is 12.1. The average Bonchev–Trinajstić information content (AvgIpc) is 3.12. The van der Waals surface area contributed by atoms with E-state index >= 15 is 0 Å². The zero-order chi connectivity index (χ0) is 14.9. The van der Waals surface area contributed by atoms with E-state index in [2.05, 4.69) is 26.8 Å². The van der Waals surface area contributed by atoms with Gasteiger partial charge in [-0.05, 0) is 30.7 Å². The molecular formula is C17H14N4O. The fourth-order valence-corrected chi connectivity index (χ4v) is 2.62. The second kappa shape index (κ2) is 5.11. The summed E-state index contributed by atoms with van der Waals surface area (Å²) in [5.41, 5.74) is 4.92. The summed E-state index contributed by atoms with van der Waals surface area (Å²) in [6.07, 6.45) is 5.30. The smallest absolute Gasteiger partial charge is 0.146 e. The van der Waals surface area contributed by atoms with Gasteiger partial charge in [-0.3, -0.25) is 4.98 Å². The highest BCUT2D eigenvalue weighted by molar-refractivity contribution is 5.81. The van der Waals surface area contributed by atoms with Crippen LogP contribution in [0.3, 0.4) is 0 Å². The van der Waals surface area contributed by atoms with Crippen LogP contribution in [0.1, 0.15) is 11.3 Å². The van der Waals surface area contributed by atoms with Gasteiger partial charge in [0.15, 0.2) is 0 Å². The molecule has 108 valence electrons. The second-order valence-corrected chi connectivity index (χ2v) is 5.19. The van der Waals surface area contributed by atoms with Crippen molar-refractivity contribution in [2.75, 3.05) is 0 Å². The van der Waals surface area contributed by atoms with Crippen molar-refractivity contribution in [1.29, 1.82) is 0 Å². The Hall–Kier alpha value is -2.95. The molecule has 4 aromatic rings. The fraction of sp³-hybridized carbons (Fsp3) is 0.118. The van der Waals surface area contributed by atoms with Gasteiger partial charge in [0.05, 0.1) is 28.8 Å². The minimum absolute atomic E-state index is 0.703. The van der Waals surface area contributed by atoms with Gasteiger partial charge in [0, 0.05) is 12.4 Å². The minimum atomic E-state index is 0.703. The van der Waals surface area contributed by atoms with Crippen molar-refractivity contribution in [2.45, 2.75) is 13.5 Å². The maximum absolute atomic E-state index is 5.09. The van der Waals surface area contributed by atoms with Crippen LogP contribution in [-0.4, -0.2) is 19.7 Å². The van der Waals surface area contributed by atoms with E-state index in [4.69, 9.17) is 9.51 Å². The molecule has 3 aromatic heterocycles. The Labute approximate surface area is 127 Å². The molecule has 0 unspecified atom stereocenters. The van der Waals surface area contributed by atoms with E-state index in [1.165, 1.54) is 0 Å². The van der Waals surface area contributed by atoms with Gasteiger partial charge >= 0.3 is 0 Å². The molecule has 5 nitrogen and oxygen atoms in total. The lowest BCUT2D eigenvalue weighted by Crippen LogP contribution is -2.02. The van der Waals surface area contributed by atoms with Gasteiger partial charge in [-0.2, -0.15) is 0 Å². The number of fused-ring (bicyclic) bond motifs is 1. The van der Waals surface area contributed by atoms with Gasteiger partial charge < -0.3 is 9.09 Å². The van der Waals surface area contributed by atoms with Crippen molar-refractivity contribution in [3.05, 3.63) is 66.3 Å². The van der Waals surface area contributed by atoms with Crippen LogP contribution >= 0.6 is 0 Å². The molecule has 0 N–H and O–H groups in total. The number of benzene rings is 1. The highest BCUT2D eigenvalue weighted by Crippen LogP contribution is 2.27. The molecule has 5 heteroatoms. The number of aromatic nitrogens is 4. The highest BCUT2D eigenvalue weighted by Gasteiger charge is 2.16. The highest BCUT2D eigenvalue weighted by atomic mass is 16.5. The summed E-state index contributed by atoms with van der Waals surface area (Å²) in [6.45, 7) is 2.63. The Balaban J connectivity index is 1.93. The summed E-state index contributed by atoms with van der Waals surface area (Å²) in [5, 5.41) is 3.97. The van der Waals surface area contributed by atoms with E-state index in [0.29, 0.717) is 6.54 Å². The van der Waals surface area contributed by atoms with E-state index in [-0.39, 0.29) is 0 Å². The molecule has 4 rings (SSSR count). The number of aryl methyl sites for hydroxylation is 1. The molecule has 0 saturated heterocycles. The van der Waals surface area contributed by atoms with E-state index in [0.717, 1.165) is 33.7 Å². The zero-order valence-electron chi connectivity index (χ0n) is 12.1. The Kier molecular flexibility index (Phi) is 2.96. The molecule has 0 aliphatic carbocycles. The van der Waals surface area contributed by atoms with Gasteiger partial charge in [-0.1, -0.05) is 23.4 Å². The number of hydrogen-bond acceptors (Lipinski definition) is 4. The van der Waals surface area contributed by atoms with Crippen LogP contribution in [0, 0.1) is 6.92 Å². The quantitative estimate of drug-likeness (QED) is 0.580. The van der Waals surface area contributed by atoms with E-state index in [1.807, 2.05) is 37.4 Å². The molecule has 0 radical (unpaired) electrons. The van der Waals surface area contributed by atoms with Crippen molar-refractivity contribution in [2.24, 2.45) is 0 Å². The van der Waals surface area contributed by atoms with Crippen LogP contribution < -0.4 is 0 Å². The van der Waals surface area contributed by atoms with Crippen LogP contribution in [0.15, 0.2) is 59.6 Å². The van der Waals surface area contributed by atoms with Crippen LogP contribution in [0.4, 0.5) is 0 Å². The lowest BCUT2D eigenvalue weighted by atomic mass is 10.2. The fourth-order valence-electron chi connectivity index (χ4n) is 2.62. The third-order valence-corrected chi connectivity index (χ3v) is 3.71. The lowest BCUT2D eigenvalue weighted by molar-refractivity contribution is 0.415. The number of para-hydroxylation sites is 2. The summed E-state index contributed by atoms with van der Waals surface area (Å²) in [7, 11) is 0. The van der Waals surface area contributed by atoms with E-state index in [1.54, 1.807) is 12.5 Å². The number of imidazole rings is 1. The first kappa shape index (κ1) is 12.8. The molecule has 0 saturated carbocycles. The molecule has 0 atom stereocenters. The van der Waals surface area contributed by atoms with Crippen LogP contribution in [0.25, 0.3) is 22.4 Å². The van der Waals surface area contributed by atoms with Crippen molar-refractivity contribution >= 4 is 11.0 Å². The predicted octanol–water partition coefficient (Wildman–Crippen LogP) is 3.44. The summed E-state index contributed by atoms with van der Waals surface area (Å²) in [4.78, 5) is 8.95. The van der Waals surface area contributed by atoms with Gasteiger partial charge in [-0.25, -0.2) is 4.98 Å². The Morgan fingerprint density at radius 3 is 2.82 bits per heavy atom. The monoisotopic (exact) mass is 290 g/mol. The van der Waals surface area contributed by atoms with Gasteiger partial charge in [-0.15, -0.1) is 0 Å². The minimum Gasteiger partial charge on any atom is -0.364 e. The summed E-state index contributed by atoms with van der Waals surface area (Å²) >= 11 is 0. The average molecular weight is 290 g/mol. The third kappa shape index (κ3) is 2.07. The van der Waals surface area contributed by atoms with Crippen LogP contribution in [0.2, 0.25) is 0 Å². The van der Waals surface area contributed by atoms with Crippen LogP contribution in [-0.2, 0) is 6.54 Å². The maximum Gasteiger partial charge on any atom is 0.146 e. The topological polar surface area (TPSA) is 56.7 Å². The third-order valence-electron chi connectivity index (χ3n) is 3.71. The molecule has 0 fully saturated rings. The molecule has 0 spiro atoms. The van der Waals surface area contributed by atoms with Gasteiger partial charge in [0.1, 0.15) is 12.1 Å². The SMILES string of the molecule is Cc1nocc1-c1nc2ccccc2n1Cc1cccnc1. The molecule has 0 aliphatic rings. The standard InChI is InChI=1S/C17H14N4O/c1-12-14(11-22-20-12)17-19-15-6-2-3-7-16(15)21(17)10-13-5-4-8-18-9-13/h2-9,11H,10H2,1H3. The van der Waals surface area contributed by atoms with Crippen molar-refractivity contribution in [3.8, 4) is 11.4 Å². The molecular weight excluding hydrogens is 276 g/mol. The Bertz CT molecular complexity index is 924. The number of hydrogen-bond donors (Lipinski definition) is 0. The Morgan fingerprint density at radius 2 is 2.05 bits per heavy atom. The summed E-state index contributed by atoms with van der Waals surface area (Å²) in [5.74, 6) is 0.865. The van der Waals surface area contributed by atoms with E-state index < -0.39 is 0 Å². The summed E-state index contributed by atoms with van der Waals surface area (Å²) in [6, 6.07) is 12.1. The Morgan fingerprint density at radius 1 is 1.14 bits per heavy atom. The van der Waals surface area contributed by atoms with E-state index in [9.17, 15) is 0 Å². The normalized spacial score (nSPS) is 11.1. The molecule has 0 aliphatic heterocycles.